The minimum absolute atomic E-state index is 0.0702. The number of aryl methyl sites for hydroxylation is 2. The molecule has 1 unspecified atom stereocenters. The maximum Gasteiger partial charge on any atom is 0.244 e. The Morgan fingerprint density at radius 2 is 2.04 bits per heavy atom. The second-order valence-corrected chi connectivity index (χ2v) is 9.76. The number of halogens is 2. The number of piperidine rings is 1. The second-order valence-electron chi connectivity index (χ2n) is 7.07. The molecule has 0 saturated carbocycles. The van der Waals surface area contributed by atoms with E-state index in [1.54, 1.807) is 16.4 Å². The van der Waals surface area contributed by atoms with Crippen molar-refractivity contribution in [3.05, 3.63) is 51.5 Å². The third kappa shape index (κ3) is 2.83. The zero-order valence-electron chi connectivity index (χ0n) is 14.4. The van der Waals surface area contributed by atoms with Gasteiger partial charge in [0.05, 0.1) is 15.7 Å². The van der Waals surface area contributed by atoms with Gasteiger partial charge in [0.1, 0.15) is 10.7 Å². The van der Waals surface area contributed by atoms with Gasteiger partial charge in [-0.2, -0.15) is 4.31 Å². The van der Waals surface area contributed by atoms with Gasteiger partial charge in [-0.3, -0.25) is 0 Å². The minimum atomic E-state index is -3.72. The highest BCUT2D eigenvalue weighted by molar-refractivity contribution is 7.89. The number of benzene rings is 1. The van der Waals surface area contributed by atoms with Crippen molar-refractivity contribution >= 4 is 33.2 Å². The summed E-state index contributed by atoms with van der Waals surface area (Å²) in [5, 5.41) is 0.327. The standard InChI is InChI=1S/C18H19Cl2N3O2S/c1-12-21-10-13-6-8-18(17(13)22-12)7-3-9-23(11-18)26(24,25)15-5-2-4-14(19)16(15)20/h2,4-5,10H,3,6-9,11H2,1H3. The molecule has 0 radical (unpaired) electrons. The fourth-order valence-electron chi connectivity index (χ4n) is 4.14. The summed E-state index contributed by atoms with van der Waals surface area (Å²) in [5.41, 5.74) is 1.91. The molecule has 1 atom stereocenters. The highest BCUT2D eigenvalue weighted by atomic mass is 35.5. The Hall–Kier alpha value is -1.21. The molecule has 1 aliphatic heterocycles. The van der Waals surface area contributed by atoms with Crippen LogP contribution in [0.25, 0.3) is 0 Å². The predicted octanol–water partition coefficient (Wildman–Crippen LogP) is 3.76. The van der Waals surface area contributed by atoms with E-state index < -0.39 is 10.0 Å². The largest absolute Gasteiger partial charge is 0.244 e. The van der Waals surface area contributed by atoms with E-state index in [1.807, 2.05) is 13.1 Å². The minimum Gasteiger partial charge on any atom is -0.241 e. The first-order valence-electron chi connectivity index (χ1n) is 8.61. The van der Waals surface area contributed by atoms with Crippen LogP contribution < -0.4 is 0 Å². The van der Waals surface area contributed by atoms with E-state index in [-0.39, 0.29) is 20.4 Å². The number of hydrogen-bond donors (Lipinski definition) is 0. The van der Waals surface area contributed by atoms with Gasteiger partial charge in [-0.15, -0.1) is 0 Å². The van der Waals surface area contributed by atoms with Crippen molar-refractivity contribution in [3.8, 4) is 0 Å². The van der Waals surface area contributed by atoms with Gasteiger partial charge in [0.2, 0.25) is 10.0 Å². The summed E-state index contributed by atoms with van der Waals surface area (Å²) in [6.45, 7) is 2.77. The molecule has 0 amide bonds. The van der Waals surface area contributed by atoms with Gasteiger partial charge in [-0.05, 0) is 50.3 Å². The molecule has 1 saturated heterocycles. The number of sulfonamides is 1. The van der Waals surface area contributed by atoms with Gasteiger partial charge in [0.25, 0.3) is 0 Å². The first-order valence-corrected chi connectivity index (χ1v) is 10.8. The Bertz CT molecular complexity index is 976. The maximum absolute atomic E-state index is 13.2. The molecule has 1 fully saturated rings. The van der Waals surface area contributed by atoms with Crippen LogP contribution in [0.2, 0.25) is 10.0 Å². The summed E-state index contributed by atoms with van der Waals surface area (Å²) in [7, 11) is -3.72. The van der Waals surface area contributed by atoms with Crippen LogP contribution in [0.3, 0.4) is 0 Å². The lowest BCUT2D eigenvalue weighted by atomic mass is 9.78. The molecule has 2 aromatic rings. The average Bonchev–Trinajstić information content (AvgIpc) is 2.95. The van der Waals surface area contributed by atoms with Crippen molar-refractivity contribution < 1.29 is 8.42 Å². The summed E-state index contributed by atoms with van der Waals surface area (Å²) >= 11 is 12.2. The second kappa shape index (κ2) is 6.44. The van der Waals surface area contributed by atoms with Crippen molar-refractivity contribution in [2.75, 3.05) is 13.1 Å². The summed E-state index contributed by atoms with van der Waals surface area (Å²) in [5.74, 6) is 0.725. The van der Waals surface area contributed by atoms with E-state index in [0.717, 1.165) is 42.8 Å². The van der Waals surface area contributed by atoms with Crippen molar-refractivity contribution in [3.63, 3.8) is 0 Å². The number of fused-ring (bicyclic) bond motifs is 2. The summed E-state index contributed by atoms with van der Waals surface area (Å²) in [6.07, 6.45) is 5.40. The number of nitrogens with zero attached hydrogens (tertiary/aromatic N) is 3. The Morgan fingerprint density at radius 3 is 2.85 bits per heavy atom. The Balaban J connectivity index is 1.73. The van der Waals surface area contributed by atoms with Crippen LogP contribution >= 0.6 is 23.2 Å². The molecule has 138 valence electrons. The fourth-order valence-corrected chi connectivity index (χ4v) is 6.44. The SMILES string of the molecule is Cc1ncc2c(n1)C1(CCCN(S(=O)(=O)c3cccc(Cl)c3Cl)C1)CC2. The van der Waals surface area contributed by atoms with Crippen LogP contribution in [0.5, 0.6) is 0 Å². The first kappa shape index (κ1) is 18.2. The number of aromatic nitrogens is 2. The van der Waals surface area contributed by atoms with Gasteiger partial charge in [0.15, 0.2) is 0 Å². The lowest BCUT2D eigenvalue weighted by molar-refractivity contribution is 0.219. The molecule has 2 aliphatic rings. The lowest BCUT2D eigenvalue weighted by Crippen LogP contribution is -2.47. The van der Waals surface area contributed by atoms with Crippen LogP contribution in [0.15, 0.2) is 29.3 Å². The van der Waals surface area contributed by atoms with Crippen LogP contribution in [0.1, 0.15) is 36.3 Å². The maximum atomic E-state index is 13.2. The topological polar surface area (TPSA) is 63.2 Å². The van der Waals surface area contributed by atoms with Crippen LogP contribution in [0.4, 0.5) is 0 Å². The summed E-state index contributed by atoms with van der Waals surface area (Å²) in [6, 6.07) is 4.72. The van der Waals surface area contributed by atoms with Crippen molar-refractivity contribution in [2.24, 2.45) is 0 Å². The third-order valence-corrected chi connectivity index (χ3v) is 8.25. The first-order chi connectivity index (χ1) is 12.3. The summed E-state index contributed by atoms with van der Waals surface area (Å²) in [4.78, 5) is 9.03. The zero-order chi connectivity index (χ0) is 18.5. The van der Waals surface area contributed by atoms with Gasteiger partial charge in [0, 0.05) is 24.7 Å². The molecule has 1 aromatic carbocycles. The molecule has 26 heavy (non-hydrogen) atoms. The molecular formula is C18H19Cl2N3O2S. The molecule has 4 rings (SSSR count). The quantitative estimate of drug-likeness (QED) is 0.754. The zero-order valence-corrected chi connectivity index (χ0v) is 16.7. The van der Waals surface area contributed by atoms with Crippen molar-refractivity contribution in [1.29, 1.82) is 0 Å². The fraction of sp³-hybridized carbons (Fsp3) is 0.444. The van der Waals surface area contributed by atoms with Crippen molar-refractivity contribution in [2.45, 2.75) is 42.9 Å². The third-order valence-electron chi connectivity index (χ3n) is 5.44. The molecule has 8 heteroatoms. The molecule has 1 spiro atoms. The van der Waals surface area contributed by atoms with Crippen molar-refractivity contribution in [1.82, 2.24) is 14.3 Å². The van der Waals surface area contributed by atoms with E-state index in [2.05, 4.69) is 9.97 Å². The number of rotatable bonds is 2. The Morgan fingerprint density at radius 1 is 1.23 bits per heavy atom. The van der Waals surface area contributed by atoms with Crippen LogP contribution in [0, 0.1) is 6.92 Å². The van der Waals surface area contributed by atoms with Gasteiger partial charge in [-0.1, -0.05) is 29.3 Å². The number of hydrogen-bond acceptors (Lipinski definition) is 4. The average molecular weight is 412 g/mol. The van der Waals surface area contributed by atoms with E-state index in [1.165, 1.54) is 6.07 Å². The van der Waals surface area contributed by atoms with Gasteiger partial charge in [-0.25, -0.2) is 18.4 Å². The predicted molar refractivity (Wildman–Crippen MR) is 101 cm³/mol. The lowest BCUT2D eigenvalue weighted by Gasteiger charge is -2.39. The molecule has 5 nitrogen and oxygen atoms in total. The Labute approximate surface area is 163 Å². The van der Waals surface area contributed by atoms with E-state index in [0.29, 0.717) is 13.1 Å². The highest BCUT2D eigenvalue weighted by Gasteiger charge is 2.46. The Kier molecular flexibility index (Phi) is 4.50. The monoisotopic (exact) mass is 411 g/mol. The van der Waals surface area contributed by atoms with Gasteiger partial charge < -0.3 is 0 Å². The van der Waals surface area contributed by atoms with Crippen LogP contribution in [-0.4, -0.2) is 35.8 Å². The van der Waals surface area contributed by atoms with E-state index in [4.69, 9.17) is 23.2 Å². The van der Waals surface area contributed by atoms with E-state index in [9.17, 15) is 8.42 Å². The highest BCUT2D eigenvalue weighted by Crippen LogP contribution is 2.45. The van der Waals surface area contributed by atoms with E-state index >= 15 is 0 Å². The van der Waals surface area contributed by atoms with Gasteiger partial charge >= 0.3 is 0 Å². The van der Waals surface area contributed by atoms with Crippen LogP contribution in [-0.2, 0) is 21.9 Å². The molecule has 0 N–H and O–H groups in total. The summed E-state index contributed by atoms with van der Waals surface area (Å²) < 4.78 is 28.0. The molecule has 2 heterocycles. The molecular weight excluding hydrogens is 393 g/mol. The molecule has 1 aromatic heterocycles. The smallest absolute Gasteiger partial charge is 0.241 e. The molecule has 1 aliphatic carbocycles. The normalized spacial score (nSPS) is 23.3. The molecule has 0 bridgehead atoms.